The molecule has 0 spiro atoms. The Balaban J connectivity index is 0.000000558. The quantitative estimate of drug-likeness (QED) is 0.524. The number of benzene rings is 1. The van der Waals surface area contributed by atoms with Crippen molar-refractivity contribution in [1.29, 1.82) is 0 Å². The van der Waals surface area contributed by atoms with Gasteiger partial charge >= 0.3 is 0 Å². The second-order valence-electron chi connectivity index (χ2n) is 6.88. The van der Waals surface area contributed by atoms with Gasteiger partial charge in [-0.25, -0.2) is 8.78 Å². The van der Waals surface area contributed by atoms with Crippen molar-refractivity contribution in [3.8, 4) is 0 Å². The Morgan fingerprint density at radius 1 is 1.16 bits per heavy atom. The Labute approximate surface area is 203 Å². The van der Waals surface area contributed by atoms with Gasteiger partial charge in [0.2, 0.25) is 0 Å². The number of aromatic nitrogens is 3. The number of aliphatic hydroxyl groups excluding tert-OH is 1. The summed E-state index contributed by atoms with van der Waals surface area (Å²) < 4.78 is 28.6. The number of H-pyrrole nitrogens is 1. The van der Waals surface area contributed by atoms with Crippen LogP contribution in [0.5, 0.6) is 0 Å². The van der Waals surface area contributed by atoms with Gasteiger partial charge < -0.3 is 20.4 Å². The molecule has 4 N–H and O–H groups in total. The smallest absolute Gasteiger partial charge is 0.199 e. The molecule has 4 rings (SSSR count). The van der Waals surface area contributed by atoms with Crippen LogP contribution in [-0.4, -0.2) is 62.8 Å². The van der Waals surface area contributed by atoms with Gasteiger partial charge in [0.15, 0.2) is 10.4 Å². The van der Waals surface area contributed by atoms with E-state index in [1.54, 1.807) is 11.3 Å². The van der Waals surface area contributed by atoms with Crippen LogP contribution in [0.1, 0.15) is 25.5 Å². The summed E-state index contributed by atoms with van der Waals surface area (Å²) in [5.74, 6) is -0.988. The standard InChI is InChI=1S/C12H16F2N2.C8H9N3OS.2ClH.H2O/c1-2-15-5-7-16(8-6-15)12-4-3-10(13)9-11(12)14;1-5(12)6-3-2-4-11-7(6)9-10-8(11)13;;;/h3-4,9H,2,5-8H2,1H3;2-5,12H,1H3,(H,10,13);2*1H;1H2. The summed E-state index contributed by atoms with van der Waals surface area (Å²) in [6, 6.07) is 7.44. The number of hydrogen-bond donors (Lipinski definition) is 2. The summed E-state index contributed by atoms with van der Waals surface area (Å²) in [6.07, 6.45) is 1.28. The first-order valence-corrected chi connectivity index (χ1v) is 9.97. The number of likely N-dealkylation sites (N-methyl/N-ethyl adjacent to an activating group) is 1. The third-order valence-electron chi connectivity index (χ3n) is 4.99. The SMILES string of the molecule is CC(O)c1cccn2c(=S)[nH]nc12.CCN1CCN(c2ccc(F)cc2F)CC1.Cl.Cl.O. The molecule has 0 amide bonds. The average molecular weight is 512 g/mol. The molecule has 1 aromatic carbocycles. The minimum Gasteiger partial charge on any atom is -0.412 e. The molecule has 7 nitrogen and oxygen atoms in total. The van der Waals surface area contributed by atoms with Crippen LogP contribution in [0.4, 0.5) is 14.5 Å². The highest BCUT2D eigenvalue weighted by atomic mass is 35.5. The maximum absolute atomic E-state index is 13.5. The molecule has 3 aromatic rings. The molecule has 0 aliphatic carbocycles. The summed E-state index contributed by atoms with van der Waals surface area (Å²) in [5, 5.41) is 16.1. The van der Waals surface area contributed by atoms with Crippen LogP contribution < -0.4 is 4.90 Å². The Morgan fingerprint density at radius 3 is 2.38 bits per heavy atom. The number of fused-ring (bicyclic) bond motifs is 1. The predicted octanol–water partition coefficient (Wildman–Crippen LogP) is 3.57. The van der Waals surface area contributed by atoms with Crippen LogP contribution in [0.2, 0.25) is 0 Å². The van der Waals surface area contributed by atoms with Gasteiger partial charge in [-0.15, -0.1) is 24.8 Å². The fourth-order valence-corrected chi connectivity index (χ4v) is 3.52. The zero-order valence-corrected chi connectivity index (χ0v) is 20.2. The second-order valence-corrected chi connectivity index (χ2v) is 7.27. The Morgan fingerprint density at radius 2 is 1.81 bits per heavy atom. The molecular formula is C20H29Cl2F2N5O2S. The van der Waals surface area contributed by atoms with Gasteiger partial charge in [-0.1, -0.05) is 13.0 Å². The minimum absolute atomic E-state index is 0. The number of hydrogen-bond acceptors (Lipinski definition) is 5. The Bertz CT molecular complexity index is 1030. The van der Waals surface area contributed by atoms with E-state index in [0.29, 0.717) is 16.1 Å². The molecule has 0 radical (unpaired) electrons. The van der Waals surface area contributed by atoms with E-state index in [1.807, 2.05) is 23.2 Å². The number of pyridine rings is 1. The van der Waals surface area contributed by atoms with Crippen LogP contribution in [0.25, 0.3) is 5.65 Å². The van der Waals surface area contributed by atoms with Crippen molar-refractivity contribution in [1.82, 2.24) is 19.5 Å². The average Bonchev–Trinajstić information content (AvgIpc) is 3.10. The van der Waals surface area contributed by atoms with E-state index in [1.165, 1.54) is 12.1 Å². The van der Waals surface area contributed by atoms with E-state index in [9.17, 15) is 13.9 Å². The Kier molecular flexibility index (Phi) is 12.9. The lowest BCUT2D eigenvalue weighted by Crippen LogP contribution is -2.46. The molecule has 1 fully saturated rings. The van der Waals surface area contributed by atoms with Crippen LogP contribution >= 0.6 is 37.0 Å². The first-order valence-electron chi connectivity index (χ1n) is 9.56. The van der Waals surface area contributed by atoms with E-state index in [4.69, 9.17) is 12.2 Å². The number of rotatable bonds is 3. The molecule has 1 aliphatic heterocycles. The highest BCUT2D eigenvalue weighted by molar-refractivity contribution is 7.71. The molecule has 1 aliphatic rings. The normalized spacial score (nSPS) is 14.3. The number of nitrogens with zero attached hydrogens (tertiary/aromatic N) is 4. The van der Waals surface area contributed by atoms with Gasteiger partial charge in [0.05, 0.1) is 11.8 Å². The van der Waals surface area contributed by atoms with Crippen molar-refractivity contribution >= 4 is 48.4 Å². The molecule has 1 unspecified atom stereocenters. The number of nitrogens with one attached hydrogen (secondary N) is 1. The molecule has 1 saturated heterocycles. The van der Waals surface area contributed by atoms with Crippen molar-refractivity contribution in [3.63, 3.8) is 0 Å². The lowest BCUT2D eigenvalue weighted by Gasteiger charge is -2.35. The monoisotopic (exact) mass is 511 g/mol. The minimum atomic E-state index is -0.533. The molecule has 0 saturated carbocycles. The van der Waals surface area contributed by atoms with Crippen LogP contribution in [0.15, 0.2) is 36.5 Å². The molecule has 2 aromatic heterocycles. The van der Waals surface area contributed by atoms with Gasteiger partial charge in [0.1, 0.15) is 11.6 Å². The predicted molar refractivity (Wildman–Crippen MR) is 130 cm³/mol. The number of aromatic amines is 1. The molecule has 12 heteroatoms. The first-order chi connectivity index (χ1) is 13.9. The second kappa shape index (κ2) is 13.7. The van der Waals surface area contributed by atoms with Crippen molar-refractivity contribution in [2.24, 2.45) is 0 Å². The zero-order chi connectivity index (χ0) is 21.0. The topological polar surface area (TPSA) is 91.3 Å². The molecule has 180 valence electrons. The zero-order valence-electron chi connectivity index (χ0n) is 17.8. The number of halogens is 4. The molecule has 0 bridgehead atoms. The van der Waals surface area contributed by atoms with E-state index < -0.39 is 17.7 Å². The highest BCUT2D eigenvalue weighted by Crippen LogP contribution is 2.21. The van der Waals surface area contributed by atoms with E-state index in [0.717, 1.165) is 44.4 Å². The van der Waals surface area contributed by atoms with Gasteiger partial charge in [-0.2, -0.15) is 5.10 Å². The summed E-state index contributed by atoms with van der Waals surface area (Å²) in [6.45, 7) is 8.33. The largest absolute Gasteiger partial charge is 0.412 e. The summed E-state index contributed by atoms with van der Waals surface area (Å²) in [4.78, 5) is 4.29. The fraction of sp³-hybridized carbons (Fsp3) is 0.400. The summed E-state index contributed by atoms with van der Waals surface area (Å²) in [7, 11) is 0. The number of piperazine rings is 1. The van der Waals surface area contributed by atoms with Crippen LogP contribution in [0, 0.1) is 16.4 Å². The highest BCUT2D eigenvalue weighted by Gasteiger charge is 2.18. The number of anilines is 1. The van der Waals surface area contributed by atoms with E-state index in [-0.39, 0.29) is 30.3 Å². The summed E-state index contributed by atoms with van der Waals surface area (Å²) >= 11 is 5.00. The number of aliphatic hydroxyl groups is 1. The molecular weight excluding hydrogens is 483 g/mol. The summed E-state index contributed by atoms with van der Waals surface area (Å²) in [5.41, 5.74) is 1.97. The maximum atomic E-state index is 13.5. The lowest BCUT2D eigenvalue weighted by atomic mass is 10.2. The van der Waals surface area contributed by atoms with E-state index >= 15 is 0 Å². The molecule has 3 heterocycles. The molecule has 32 heavy (non-hydrogen) atoms. The third-order valence-corrected chi connectivity index (χ3v) is 5.28. The van der Waals surface area contributed by atoms with Gasteiger partial charge in [-0.3, -0.25) is 9.50 Å². The third kappa shape index (κ3) is 7.09. The maximum Gasteiger partial charge on any atom is 0.199 e. The first kappa shape index (κ1) is 30.2. The van der Waals surface area contributed by atoms with Crippen molar-refractivity contribution in [2.75, 3.05) is 37.6 Å². The van der Waals surface area contributed by atoms with Gasteiger partial charge in [-0.05, 0) is 43.9 Å². The van der Waals surface area contributed by atoms with E-state index in [2.05, 4.69) is 22.0 Å². The lowest BCUT2D eigenvalue weighted by molar-refractivity contribution is 0.200. The van der Waals surface area contributed by atoms with Gasteiger partial charge in [0, 0.05) is 44.0 Å². The van der Waals surface area contributed by atoms with Crippen molar-refractivity contribution in [2.45, 2.75) is 20.0 Å². The van der Waals surface area contributed by atoms with Gasteiger partial charge in [0.25, 0.3) is 0 Å². The van der Waals surface area contributed by atoms with Crippen molar-refractivity contribution in [3.05, 3.63) is 58.5 Å². The van der Waals surface area contributed by atoms with Crippen LogP contribution in [0.3, 0.4) is 0 Å². The Hall–Kier alpha value is -1.82. The van der Waals surface area contributed by atoms with Crippen molar-refractivity contribution < 1.29 is 19.4 Å². The fourth-order valence-electron chi connectivity index (χ4n) is 3.32. The molecule has 1 atom stereocenters. The van der Waals surface area contributed by atoms with Crippen LogP contribution in [-0.2, 0) is 0 Å².